The summed E-state index contributed by atoms with van der Waals surface area (Å²) in [6.07, 6.45) is 0. The van der Waals surface area contributed by atoms with Crippen LogP contribution in [-0.4, -0.2) is 54.5 Å². The Balaban J connectivity index is 1.61. The smallest absolute Gasteiger partial charge is 0.315 e. The van der Waals surface area contributed by atoms with Crippen molar-refractivity contribution in [1.29, 1.82) is 0 Å². The van der Waals surface area contributed by atoms with Crippen LogP contribution in [0.25, 0.3) is 11.1 Å². The molecule has 38 heavy (non-hydrogen) atoms. The molecule has 3 aromatic rings. The van der Waals surface area contributed by atoms with Crippen LogP contribution in [0.1, 0.15) is 54.9 Å². The van der Waals surface area contributed by atoms with E-state index in [2.05, 4.69) is 16.9 Å². The topological polar surface area (TPSA) is 87.5 Å². The van der Waals surface area contributed by atoms with Crippen molar-refractivity contribution in [2.75, 3.05) is 19.1 Å². The first-order chi connectivity index (χ1) is 18.1. The van der Waals surface area contributed by atoms with Crippen LogP contribution in [0.3, 0.4) is 0 Å². The molecule has 0 atom stereocenters. The van der Waals surface area contributed by atoms with Crippen LogP contribution >= 0.6 is 0 Å². The maximum atomic E-state index is 13.5. The number of hydrogen-bond donors (Lipinski definition) is 0. The average Bonchev–Trinajstić information content (AvgIpc) is 3.26. The molecule has 0 fully saturated rings. The van der Waals surface area contributed by atoms with Gasteiger partial charge in [-0.1, -0.05) is 42.5 Å². The van der Waals surface area contributed by atoms with Crippen molar-refractivity contribution in [2.24, 2.45) is 10.2 Å². The highest BCUT2D eigenvalue weighted by Gasteiger charge is 2.32. The van der Waals surface area contributed by atoms with Crippen molar-refractivity contribution in [3.63, 3.8) is 0 Å². The SMILES string of the molecule is C=N/N=C(/c1cccc(N2Cc3ccc(-c4ccc(C(C)(C)C(=O)OC)cc4)cc3C2=O)n1)N(C)C(C)C. The van der Waals surface area contributed by atoms with E-state index in [0.717, 1.165) is 22.3 Å². The highest BCUT2D eigenvalue weighted by Crippen LogP contribution is 2.32. The van der Waals surface area contributed by atoms with Gasteiger partial charge in [0.25, 0.3) is 5.91 Å². The third-order valence-corrected chi connectivity index (χ3v) is 7.06. The van der Waals surface area contributed by atoms with Crippen molar-refractivity contribution in [2.45, 2.75) is 45.7 Å². The first-order valence-corrected chi connectivity index (χ1v) is 12.5. The number of hydrogen-bond acceptors (Lipinski definition) is 6. The molecule has 8 nitrogen and oxygen atoms in total. The summed E-state index contributed by atoms with van der Waals surface area (Å²) in [5.41, 5.74) is 4.20. The monoisotopic (exact) mass is 511 g/mol. The van der Waals surface area contributed by atoms with Crippen LogP contribution in [0.2, 0.25) is 0 Å². The summed E-state index contributed by atoms with van der Waals surface area (Å²) in [6, 6.07) is 19.4. The van der Waals surface area contributed by atoms with E-state index in [0.29, 0.717) is 29.5 Å². The zero-order chi connectivity index (χ0) is 27.6. The van der Waals surface area contributed by atoms with E-state index in [9.17, 15) is 9.59 Å². The fourth-order valence-corrected chi connectivity index (χ4v) is 4.43. The van der Waals surface area contributed by atoms with Gasteiger partial charge in [-0.05, 0) is 68.1 Å². The fourth-order valence-electron chi connectivity index (χ4n) is 4.43. The van der Waals surface area contributed by atoms with Crippen LogP contribution in [0.4, 0.5) is 5.82 Å². The Labute approximate surface area is 223 Å². The standard InChI is InChI=1S/C30H33N5O3/c1-19(2)34(6)27(33-31-5)25-9-8-10-26(32-25)35-18-22-12-11-21(17-24(22)28(35)36)20-13-15-23(16-14-20)30(3,4)29(37)38-7/h8-17,19H,5,18H2,1-4,6-7H3/b33-27-. The van der Waals surface area contributed by atoms with Gasteiger partial charge in [0.1, 0.15) is 11.5 Å². The van der Waals surface area contributed by atoms with E-state index in [1.54, 1.807) is 4.90 Å². The highest BCUT2D eigenvalue weighted by atomic mass is 16.5. The number of benzene rings is 2. The number of rotatable bonds is 7. The van der Waals surface area contributed by atoms with E-state index >= 15 is 0 Å². The quantitative estimate of drug-likeness (QED) is 0.191. The number of carbonyl (C=O) groups is 2. The van der Waals surface area contributed by atoms with Crippen molar-refractivity contribution < 1.29 is 14.3 Å². The van der Waals surface area contributed by atoms with Crippen LogP contribution < -0.4 is 4.90 Å². The lowest BCUT2D eigenvalue weighted by atomic mass is 9.84. The number of aromatic nitrogens is 1. The molecular formula is C30H33N5O3. The zero-order valence-corrected chi connectivity index (χ0v) is 22.7. The maximum Gasteiger partial charge on any atom is 0.315 e. The minimum absolute atomic E-state index is 0.104. The van der Waals surface area contributed by atoms with Gasteiger partial charge in [0.15, 0.2) is 5.84 Å². The molecule has 8 heteroatoms. The summed E-state index contributed by atoms with van der Waals surface area (Å²) in [5, 5.41) is 7.90. The summed E-state index contributed by atoms with van der Waals surface area (Å²) in [5.74, 6) is 0.740. The molecule has 0 bridgehead atoms. The number of nitrogens with zero attached hydrogens (tertiary/aromatic N) is 5. The van der Waals surface area contributed by atoms with Gasteiger partial charge >= 0.3 is 5.97 Å². The Bertz CT molecular complexity index is 1410. The second kappa shape index (κ2) is 10.6. The van der Waals surface area contributed by atoms with Gasteiger partial charge in [-0.25, -0.2) is 4.98 Å². The van der Waals surface area contributed by atoms with Gasteiger partial charge in [-0.3, -0.25) is 14.5 Å². The predicted octanol–water partition coefficient (Wildman–Crippen LogP) is 5.06. The van der Waals surface area contributed by atoms with Crippen LogP contribution in [0.15, 0.2) is 70.9 Å². The minimum atomic E-state index is -0.750. The van der Waals surface area contributed by atoms with E-state index in [-0.39, 0.29) is 17.9 Å². The summed E-state index contributed by atoms with van der Waals surface area (Å²) in [7, 11) is 3.31. The number of carbonyl (C=O) groups excluding carboxylic acids is 2. The molecular weight excluding hydrogens is 478 g/mol. The predicted molar refractivity (Wildman–Crippen MR) is 151 cm³/mol. The van der Waals surface area contributed by atoms with Crippen molar-refractivity contribution in [3.8, 4) is 11.1 Å². The van der Waals surface area contributed by atoms with E-state index in [1.165, 1.54) is 7.11 Å². The van der Waals surface area contributed by atoms with Crippen molar-refractivity contribution in [1.82, 2.24) is 9.88 Å². The number of ether oxygens (including phenoxy) is 1. The Morgan fingerprint density at radius 2 is 1.79 bits per heavy atom. The number of amidine groups is 1. The Kier molecular flexibility index (Phi) is 7.44. The number of fused-ring (bicyclic) bond motifs is 1. The van der Waals surface area contributed by atoms with Gasteiger partial charge < -0.3 is 9.64 Å². The zero-order valence-electron chi connectivity index (χ0n) is 22.7. The molecule has 2 aromatic carbocycles. The first-order valence-electron chi connectivity index (χ1n) is 12.5. The molecule has 0 unspecified atom stereocenters. The molecule has 0 spiro atoms. The van der Waals surface area contributed by atoms with Gasteiger partial charge in [-0.2, -0.15) is 5.10 Å². The lowest BCUT2D eigenvalue weighted by Crippen LogP contribution is -2.34. The summed E-state index contributed by atoms with van der Waals surface area (Å²) < 4.78 is 4.94. The highest BCUT2D eigenvalue weighted by molar-refractivity contribution is 6.10. The lowest BCUT2D eigenvalue weighted by molar-refractivity contribution is -0.146. The fraction of sp³-hybridized carbons (Fsp3) is 0.300. The molecule has 2 heterocycles. The summed E-state index contributed by atoms with van der Waals surface area (Å²) in [4.78, 5) is 34.0. The second-order valence-electron chi connectivity index (χ2n) is 10.1. The van der Waals surface area contributed by atoms with E-state index < -0.39 is 5.41 Å². The summed E-state index contributed by atoms with van der Waals surface area (Å²) in [6.45, 7) is 11.7. The normalized spacial score (nSPS) is 13.5. The molecule has 0 saturated carbocycles. The molecule has 0 saturated heterocycles. The van der Waals surface area contributed by atoms with Crippen LogP contribution in [0.5, 0.6) is 0 Å². The van der Waals surface area contributed by atoms with Gasteiger partial charge in [0, 0.05) is 25.4 Å². The number of amides is 1. The molecule has 1 aromatic heterocycles. The van der Waals surface area contributed by atoms with Gasteiger partial charge in [0.05, 0.1) is 19.1 Å². The second-order valence-corrected chi connectivity index (χ2v) is 10.1. The first kappa shape index (κ1) is 26.7. The Morgan fingerprint density at radius 1 is 1.11 bits per heavy atom. The van der Waals surface area contributed by atoms with E-state index in [4.69, 9.17) is 9.72 Å². The Morgan fingerprint density at radius 3 is 2.42 bits per heavy atom. The molecule has 1 amide bonds. The lowest BCUT2D eigenvalue weighted by Gasteiger charge is -2.24. The molecule has 196 valence electrons. The molecule has 1 aliphatic rings. The molecule has 1 aliphatic heterocycles. The maximum absolute atomic E-state index is 13.5. The van der Waals surface area contributed by atoms with E-state index in [1.807, 2.05) is 100 Å². The molecule has 0 aliphatic carbocycles. The average molecular weight is 512 g/mol. The number of anilines is 1. The third kappa shape index (κ3) is 4.94. The largest absolute Gasteiger partial charge is 0.468 e. The Hall–Kier alpha value is -4.33. The van der Waals surface area contributed by atoms with Crippen LogP contribution in [0, 0.1) is 0 Å². The molecule has 0 N–H and O–H groups in total. The van der Waals surface area contributed by atoms with Crippen molar-refractivity contribution in [3.05, 3.63) is 83.0 Å². The minimum Gasteiger partial charge on any atom is -0.468 e. The van der Waals surface area contributed by atoms with Crippen LogP contribution in [-0.2, 0) is 21.5 Å². The number of methoxy groups -OCH3 is 1. The van der Waals surface area contributed by atoms with Crippen molar-refractivity contribution >= 4 is 30.2 Å². The third-order valence-electron chi connectivity index (χ3n) is 7.06. The molecule has 4 rings (SSSR count). The van der Waals surface area contributed by atoms with Gasteiger partial charge in [0.2, 0.25) is 0 Å². The van der Waals surface area contributed by atoms with Gasteiger partial charge in [-0.15, -0.1) is 5.10 Å². The number of esters is 1. The number of pyridine rings is 1. The summed E-state index contributed by atoms with van der Waals surface area (Å²) >= 11 is 0. The molecule has 0 radical (unpaired) electrons.